The molecule has 5 nitrogen and oxygen atoms in total. The molecule has 1 amide bonds. The van der Waals surface area contributed by atoms with Gasteiger partial charge in [-0.15, -0.1) is 11.3 Å². The van der Waals surface area contributed by atoms with Gasteiger partial charge in [-0.05, 0) is 36.1 Å². The van der Waals surface area contributed by atoms with E-state index < -0.39 is 11.9 Å². The number of carbonyl (C=O) groups is 3. The van der Waals surface area contributed by atoms with E-state index in [9.17, 15) is 14.4 Å². The number of hydrogen-bond donors (Lipinski definition) is 1. The van der Waals surface area contributed by atoms with Crippen molar-refractivity contribution in [3.05, 3.63) is 57.2 Å². The molecule has 1 aromatic carbocycles. The van der Waals surface area contributed by atoms with Crippen LogP contribution in [-0.4, -0.2) is 24.3 Å². The van der Waals surface area contributed by atoms with Gasteiger partial charge in [-0.1, -0.05) is 29.8 Å². The predicted octanol–water partition coefficient (Wildman–Crippen LogP) is 3.79. The first-order valence-electron chi connectivity index (χ1n) is 7.73. The standard InChI is InChI=1S/C18H18ClNO4S/c1-12(13-4-2-5-14(19)10-13)20-17(22)11-24-18(23)8-7-15(21)16-6-3-9-25-16/h2-6,9-10,12H,7-8,11H2,1H3,(H,20,22)/t12-/m1/s1. The van der Waals surface area contributed by atoms with E-state index in [4.69, 9.17) is 16.3 Å². The van der Waals surface area contributed by atoms with Crippen LogP contribution in [-0.2, 0) is 14.3 Å². The first-order valence-corrected chi connectivity index (χ1v) is 8.98. The molecular formula is C18H18ClNO4S. The number of nitrogens with one attached hydrogen (secondary N) is 1. The van der Waals surface area contributed by atoms with Gasteiger partial charge in [0.25, 0.3) is 5.91 Å². The van der Waals surface area contributed by atoms with Crippen molar-refractivity contribution in [1.82, 2.24) is 5.32 Å². The molecule has 1 heterocycles. The summed E-state index contributed by atoms with van der Waals surface area (Å²) in [7, 11) is 0. The molecular weight excluding hydrogens is 362 g/mol. The molecule has 2 rings (SSSR count). The van der Waals surface area contributed by atoms with E-state index in [2.05, 4.69) is 5.32 Å². The summed E-state index contributed by atoms with van der Waals surface area (Å²) < 4.78 is 4.91. The number of ether oxygens (including phenoxy) is 1. The van der Waals surface area contributed by atoms with Crippen LogP contribution in [0.3, 0.4) is 0 Å². The minimum Gasteiger partial charge on any atom is -0.456 e. The van der Waals surface area contributed by atoms with Gasteiger partial charge in [-0.3, -0.25) is 14.4 Å². The molecule has 132 valence electrons. The Morgan fingerprint density at radius 2 is 2.00 bits per heavy atom. The number of carbonyl (C=O) groups excluding carboxylic acids is 3. The highest BCUT2D eigenvalue weighted by atomic mass is 35.5. The van der Waals surface area contributed by atoms with E-state index >= 15 is 0 Å². The SMILES string of the molecule is C[C@@H](NC(=O)COC(=O)CCC(=O)c1cccs1)c1cccc(Cl)c1. The van der Waals surface area contributed by atoms with Gasteiger partial charge in [0, 0.05) is 11.4 Å². The Morgan fingerprint density at radius 1 is 1.20 bits per heavy atom. The molecule has 1 aromatic heterocycles. The average Bonchev–Trinajstić information content (AvgIpc) is 3.12. The van der Waals surface area contributed by atoms with Gasteiger partial charge in [0.1, 0.15) is 0 Å². The molecule has 0 aliphatic carbocycles. The van der Waals surface area contributed by atoms with Crippen LogP contribution < -0.4 is 5.32 Å². The van der Waals surface area contributed by atoms with Crippen LogP contribution in [0, 0.1) is 0 Å². The quantitative estimate of drug-likeness (QED) is 0.559. The van der Waals surface area contributed by atoms with Crippen molar-refractivity contribution < 1.29 is 19.1 Å². The lowest BCUT2D eigenvalue weighted by Crippen LogP contribution is -2.31. The Kier molecular flexibility index (Phi) is 7.16. The largest absolute Gasteiger partial charge is 0.456 e. The third-order valence-corrected chi connectivity index (χ3v) is 4.59. The molecule has 0 spiro atoms. The van der Waals surface area contributed by atoms with Crippen LogP contribution in [0.2, 0.25) is 5.02 Å². The minimum atomic E-state index is -0.574. The Hall–Kier alpha value is -2.18. The molecule has 1 N–H and O–H groups in total. The molecule has 0 bridgehead atoms. The summed E-state index contributed by atoms with van der Waals surface area (Å²) in [5, 5.41) is 5.11. The van der Waals surface area contributed by atoms with Gasteiger partial charge in [-0.25, -0.2) is 0 Å². The topological polar surface area (TPSA) is 72.5 Å². The zero-order valence-corrected chi connectivity index (χ0v) is 15.2. The predicted molar refractivity (Wildman–Crippen MR) is 96.9 cm³/mol. The molecule has 0 radical (unpaired) electrons. The van der Waals surface area contributed by atoms with Crippen molar-refractivity contribution in [1.29, 1.82) is 0 Å². The van der Waals surface area contributed by atoms with Crippen molar-refractivity contribution in [3.8, 4) is 0 Å². The zero-order chi connectivity index (χ0) is 18.2. The Labute approximate surface area is 154 Å². The third-order valence-electron chi connectivity index (χ3n) is 3.44. The number of rotatable bonds is 8. The van der Waals surface area contributed by atoms with Crippen LogP contribution in [0.4, 0.5) is 0 Å². The highest BCUT2D eigenvalue weighted by molar-refractivity contribution is 7.12. The lowest BCUT2D eigenvalue weighted by Gasteiger charge is -2.14. The molecule has 0 fully saturated rings. The van der Waals surface area contributed by atoms with Crippen LogP contribution in [0.25, 0.3) is 0 Å². The lowest BCUT2D eigenvalue weighted by atomic mass is 10.1. The van der Waals surface area contributed by atoms with Gasteiger partial charge in [0.15, 0.2) is 12.4 Å². The number of esters is 1. The number of thiophene rings is 1. The Balaban J connectivity index is 1.70. The van der Waals surface area contributed by atoms with E-state index in [-0.39, 0.29) is 31.3 Å². The minimum absolute atomic E-state index is 0.0478. The van der Waals surface area contributed by atoms with Gasteiger partial charge in [0.05, 0.1) is 17.3 Å². The number of amides is 1. The van der Waals surface area contributed by atoms with Crippen LogP contribution >= 0.6 is 22.9 Å². The smallest absolute Gasteiger partial charge is 0.306 e. The molecule has 0 saturated carbocycles. The van der Waals surface area contributed by atoms with Gasteiger partial charge < -0.3 is 10.1 Å². The maximum Gasteiger partial charge on any atom is 0.306 e. The maximum absolute atomic E-state index is 11.9. The summed E-state index contributed by atoms with van der Waals surface area (Å²) in [6.45, 7) is 1.43. The summed E-state index contributed by atoms with van der Waals surface area (Å²) in [4.78, 5) is 35.9. The van der Waals surface area contributed by atoms with Crippen LogP contribution in [0.5, 0.6) is 0 Å². The summed E-state index contributed by atoms with van der Waals surface area (Å²) in [6.07, 6.45) is 0.0216. The molecule has 0 aliphatic rings. The second-order valence-electron chi connectivity index (χ2n) is 5.41. The Morgan fingerprint density at radius 3 is 2.68 bits per heavy atom. The molecule has 7 heteroatoms. The highest BCUT2D eigenvalue weighted by Crippen LogP contribution is 2.17. The zero-order valence-electron chi connectivity index (χ0n) is 13.7. The van der Waals surface area contributed by atoms with Gasteiger partial charge in [-0.2, -0.15) is 0 Å². The molecule has 0 unspecified atom stereocenters. The van der Waals surface area contributed by atoms with E-state index in [0.717, 1.165) is 5.56 Å². The molecule has 2 aromatic rings. The summed E-state index contributed by atoms with van der Waals surface area (Å²) >= 11 is 7.25. The average molecular weight is 380 g/mol. The molecule has 0 saturated heterocycles. The van der Waals surface area contributed by atoms with Gasteiger partial charge >= 0.3 is 5.97 Å². The Bertz CT molecular complexity index is 745. The first-order chi connectivity index (χ1) is 12.0. The van der Waals surface area contributed by atoms with Crippen molar-refractivity contribution in [2.24, 2.45) is 0 Å². The van der Waals surface area contributed by atoms with E-state index in [1.54, 1.807) is 35.7 Å². The van der Waals surface area contributed by atoms with Crippen molar-refractivity contribution >= 4 is 40.6 Å². The van der Waals surface area contributed by atoms with E-state index in [0.29, 0.717) is 9.90 Å². The third kappa shape index (κ3) is 6.32. The fourth-order valence-corrected chi connectivity index (χ4v) is 3.03. The van der Waals surface area contributed by atoms with Crippen LogP contribution in [0.1, 0.15) is 41.0 Å². The van der Waals surface area contributed by atoms with E-state index in [1.165, 1.54) is 11.3 Å². The second kappa shape index (κ2) is 9.34. The van der Waals surface area contributed by atoms with Crippen molar-refractivity contribution in [2.45, 2.75) is 25.8 Å². The molecule has 1 atom stereocenters. The van der Waals surface area contributed by atoms with Crippen LogP contribution in [0.15, 0.2) is 41.8 Å². The first kappa shape index (κ1) is 19.1. The normalized spacial score (nSPS) is 11.6. The molecule has 0 aliphatic heterocycles. The summed E-state index contributed by atoms with van der Waals surface area (Å²) in [6, 6.07) is 10.4. The number of ketones is 1. The number of benzene rings is 1. The second-order valence-corrected chi connectivity index (χ2v) is 6.79. The monoisotopic (exact) mass is 379 g/mol. The maximum atomic E-state index is 11.9. The summed E-state index contributed by atoms with van der Waals surface area (Å²) in [5.41, 5.74) is 0.855. The van der Waals surface area contributed by atoms with Crippen molar-refractivity contribution in [2.75, 3.05) is 6.61 Å². The number of Topliss-reactive ketones (excluding diaryl/α,β-unsaturated/α-hetero) is 1. The summed E-state index contributed by atoms with van der Waals surface area (Å²) in [5.74, 6) is -1.09. The highest BCUT2D eigenvalue weighted by Gasteiger charge is 2.14. The fourth-order valence-electron chi connectivity index (χ4n) is 2.14. The molecule has 25 heavy (non-hydrogen) atoms. The van der Waals surface area contributed by atoms with Gasteiger partial charge in [0.2, 0.25) is 0 Å². The van der Waals surface area contributed by atoms with E-state index in [1.807, 2.05) is 13.0 Å². The lowest BCUT2D eigenvalue weighted by molar-refractivity contribution is -0.148. The number of halogens is 1. The fraction of sp³-hybridized carbons (Fsp3) is 0.278. The van der Waals surface area contributed by atoms with Crippen molar-refractivity contribution in [3.63, 3.8) is 0 Å². The number of hydrogen-bond acceptors (Lipinski definition) is 5.